The lowest BCUT2D eigenvalue weighted by atomic mass is 10.2. The number of anilines is 2. The summed E-state index contributed by atoms with van der Waals surface area (Å²) in [5, 5.41) is 15.5. The van der Waals surface area contributed by atoms with E-state index < -0.39 is 0 Å². The summed E-state index contributed by atoms with van der Waals surface area (Å²) in [7, 11) is 0. The van der Waals surface area contributed by atoms with Gasteiger partial charge in [0.2, 0.25) is 5.91 Å². The van der Waals surface area contributed by atoms with Crippen LogP contribution in [0, 0.1) is 12.7 Å². The van der Waals surface area contributed by atoms with Gasteiger partial charge in [0, 0.05) is 11.4 Å². The Labute approximate surface area is 196 Å². The van der Waals surface area contributed by atoms with Crippen LogP contribution < -0.4 is 10.6 Å². The molecule has 0 bridgehead atoms. The zero-order valence-electron chi connectivity index (χ0n) is 18.2. The molecular formula is C25H24FN5OS. The van der Waals surface area contributed by atoms with Gasteiger partial charge in [-0.25, -0.2) is 4.39 Å². The number of carbonyl (C=O) groups excluding carboxylic acids is 1. The number of aromatic nitrogens is 3. The maximum atomic E-state index is 13.2. The van der Waals surface area contributed by atoms with Gasteiger partial charge in [0.25, 0.3) is 0 Å². The third-order valence-corrected chi connectivity index (χ3v) is 5.87. The number of amides is 1. The minimum atomic E-state index is -0.282. The van der Waals surface area contributed by atoms with Gasteiger partial charge < -0.3 is 15.2 Å². The van der Waals surface area contributed by atoms with Crippen LogP contribution in [0.3, 0.4) is 0 Å². The maximum Gasteiger partial charge on any atom is 0.234 e. The molecule has 0 atom stereocenters. The van der Waals surface area contributed by atoms with Gasteiger partial charge >= 0.3 is 0 Å². The SMILES string of the molecule is Cc1cccc(NC(=O)CSc2nnc(CNc3ccc(F)cc3)n2Cc2ccccc2)c1. The van der Waals surface area contributed by atoms with Gasteiger partial charge in [-0.1, -0.05) is 54.2 Å². The van der Waals surface area contributed by atoms with Crippen molar-refractivity contribution in [2.75, 3.05) is 16.4 Å². The Morgan fingerprint density at radius 1 is 0.970 bits per heavy atom. The molecule has 0 saturated heterocycles. The molecular weight excluding hydrogens is 437 g/mol. The Kier molecular flexibility index (Phi) is 7.36. The zero-order valence-corrected chi connectivity index (χ0v) is 19.0. The number of halogens is 1. The summed E-state index contributed by atoms with van der Waals surface area (Å²) in [6.45, 7) is 2.98. The van der Waals surface area contributed by atoms with Gasteiger partial charge in [0.1, 0.15) is 5.82 Å². The Morgan fingerprint density at radius 2 is 1.76 bits per heavy atom. The van der Waals surface area contributed by atoms with Gasteiger partial charge in [-0.2, -0.15) is 0 Å². The second-order valence-corrected chi connectivity index (χ2v) is 8.48. The van der Waals surface area contributed by atoms with Crippen molar-refractivity contribution < 1.29 is 9.18 Å². The van der Waals surface area contributed by atoms with Crippen LogP contribution in [0.1, 0.15) is 17.0 Å². The largest absolute Gasteiger partial charge is 0.378 e. The highest BCUT2D eigenvalue weighted by atomic mass is 32.2. The molecule has 2 N–H and O–H groups in total. The van der Waals surface area contributed by atoms with E-state index in [9.17, 15) is 9.18 Å². The van der Waals surface area contributed by atoms with E-state index in [4.69, 9.17) is 0 Å². The third kappa shape index (κ3) is 6.43. The summed E-state index contributed by atoms with van der Waals surface area (Å²) in [5.41, 5.74) is 3.75. The standard InChI is InChI=1S/C25H24FN5OS/c1-18-6-5-9-22(14-18)28-24(32)17-33-25-30-29-23(15-27-21-12-10-20(26)11-13-21)31(25)16-19-7-3-2-4-8-19/h2-14,27H,15-17H2,1H3,(H,28,32). The summed E-state index contributed by atoms with van der Waals surface area (Å²) >= 11 is 1.34. The molecule has 1 heterocycles. The summed E-state index contributed by atoms with van der Waals surface area (Å²) < 4.78 is 15.2. The number of nitrogens with one attached hydrogen (secondary N) is 2. The fraction of sp³-hybridized carbons (Fsp3) is 0.160. The average Bonchev–Trinajstić information content (AvgIpc) is 3.19. The molecule has 0 spiro atoms. The fourth-order valence-corrected chi connectivity index (χ4v) is 4.04. The number of aryl methyl sites for hydroxylation is 1. The molecule has 4 aromatic rings. The molecule has 0 aliphatic carbocycles. The average molecular weight is 462 g/mol. The summed E-state index contributed by atoms with van der Waals surface area (Å²) in [6, 6.07) is 23.9. The van der Waals surface area contributed by atoms with Crippen LogP contribution in [0.5, 0.6) is 0 Å². The quantitative estimate of drug-likeness (QED) is 0.339. The molecule has 168 valence electrons. The molecule has 3 aromatic carbocycles. The molecule has 0 fully saturated rings. The van der Waals surface area contributed by atoms with Crippen LogP contribution in [-0.2, 0) is 17.9 Å². The fourth-order valence-electron chi connectivity index (χ4n) is 3.28. The molecule has 0 aliphatic rings. The Morgan fingerprint density at radius 3 is 2.52 bits per heavy atom. The van der Waals surface area contributed by atoms with E-state index >= 15 is 0 Å². The normalized spacial score (nSPS) is 10.7. The predicted octanol–water partition coefficient (Wildman–Crippen LogP) is 5.12. The molecule has 0 saturated carbocycles. The van der Waals surface area contributed by atoms with Crippen LogP contribution in [-0.4, -0.2) is 26.4 Å². The van der Waals surface area contributed by atoms with E-state index in [1.54, 1.807) is 12.1 Å². The minimum Gasteiger partial charge on any atom is -0.378 e. The molecule has 1 amide bonds. The first-order valence-corrected chi connectivity index (χ1v) is 11.5. The maximum absolute atomic E-state index is 13.2. The molecule has 8 heteroatoms. The number of thioether (sulfide) groups is 1. The van der Waals surface area contributed by atoms with Crippen LogP contribution in [0.25, 0.3) is 0 Å². The number of benzene rings is 3. The van der Waals surface area contributed by atoms with Crippen LogP contribution in [0.15, 0.2) is 84.0 Å². The summed E-state index contributed by atoms with van der Waals surface area (Å²) in [5.74, 6) is 0.553. The second-order valence-electron chi connectivity index (χ2n) is 7.54. The first-order valence-electron chi connectivity index (χ1n) is 10.5. The number of nitrogens with zero attached hydrogens (tertiary/aromatic N) is 3. The van der Waals surface area contributed by atoms with Crippen molar-refractivity contribution >= 4 is 29.0 Å². The van der Waals surface area contributed by atoms with Gasteiger partial charge in [0.05, 0.1) is 18.8 Å². The minimum absolute atomic E-state index is 0.106. The number of carbonyl (C=O) groups is 1. The van der Waals surface area contributed by atoms with Gasteiger partial charge in [-0.05, 0) is 54.4 Å². The van der Waals surface area contributed by atoms with E-state index in [1.165, 1.54) is 23.9 Å². The van der Waals surface area contributed by atoms with E-state index in [2.05, 4.69) is 20.8 Å². The predicted molar refractivity (Wildman–Crippen MR) is 130 cm³/mol. The highest BCUT2D eigenvalue weighted by molar-refractivity contribution is 7.99. The smallest absolute Gasteiger partial charge is 0.234 e. The molecule has 4 rings (SSSR count). The first kappa shape index (κ1) is 22.5. The van der Waals surface area contributed by atoms with Crippen LogP contribution >= 0.6 is 11.8 Å². The van der Waals surface area contributed by atoms with Crippen molar-refractivity contribution in [3.8, 4) is 0 Å². The van der Waals surface area contributed by atoms with E-state index in [0.717, 1.165) is 28.3 Å². The van der Waals surface area contributed by atoms with E-state index in [1.807, 2.05) is 66.1 Å². The summed E-state index contributed by atoms with van der Waals surface area (Å²) in [6.07, 6.45) is 0. The molecule has 1 aromatic heterocycles. The lowest BCUT2D eigenvalue weighted by Gasteiger charge is -2.12. The van der Waals surface area contributed by atoms with Crippen molar-refractivity contribution in [2.24, 2.45) is 0 Å². The van der Waals surface area contributed by atoms with Crippen molar-refractivity contribution in [3.63, 3.8) is 0 Å². The van der Waals surface area contributed by atoms with Crippen molar-refractivity contribution in [1.29, 1.82) is 0 Å². The highest BCUT2D eigenvalue weighted by Crippen LogP contribution is 2.21. The lowest BCUT2D eigenvalue weighted by molar-refractivity contribution is -0.113. The molecule has 6 nitrogen and oxygen atoms in total. The first-order chi connectivity index (χ1) is 16.1. The Hall–Kier alpha value is -3.65. The molecule has 0 unspecified atom stereocenters. The van der Waals surface area contributed by atoms with Gasteiger partial charge in [-0.15, -0.1) is 10.2 Å². The van der Waals surface area contributed by atoms with Gasteiger partial charge in [0.15, 0.2) is 11.0 Å². The monoisotopic (exact) mass is 461 g/mol. The molecule has 0 radical (unpaired) electrons. The second kappa shape index (κ2) is 10.8. The van der Waals surface area contributed by atoms with Crippen LogP contribution in [0.4, 0.5) is 15.8 Å². The number of rotatable bonds is 9. The topological polar surface area (TPSA) is 71.8 Å². The molecule has 33 heavy (non-hydrogen) atoms. The van der Waals surface area contributed by atoms with Crippen molar-refractivity contribution in [1.82, 2.24) is 14.8 Å². The molecule has 0 aliphatic heterocycles. The van der Waals surface area contributed by atoms with E-state index in [0.29, 0.717) is 18.2 Å². The number of hydrogen-bond acceptors (Lipinski definition) is 5. The lowest BCUT2D eigenvalue weighted by Crippen LogP contribution is -2.15. The van der Waals surface area contributed by atoms with Crippen LogP contribution in [0.2, 0.25) is 0 Å². The Bertz CT molecular complexity index is 1210. The zero-order chi connectivity index (χ0) is 23.0. The van der Waals surface area contributed by atoms with Gasteiger partial charge in [-0.3, -0.25) is 4.79 Å². The third-order valence-electron chi connectivity index (χ3n) is 4.91. The van der Waals surface area contributed by atoms with E-state index in [-0.39, 0.29) is 17.5 Å². The van der Waals surface area contributed by atoms with Crippen molar-refractivity contribution in [2.45, 2.75) is 25.2 Å². The summed E-state index contributed by atoms with van der Waals surface area (Å²) in [4.78, 5) is 12.5. The number of hydrogen-bond donors (Lipinski definition) is 2. The van der Waals surface area contributed by atoms with Crippen molar-refractivity contribution in [3.05, 3.63) is 102 Å². The highest BCUT2D eigenvalue weighted by Gasteiger charge is 2.15. The Balaban J connectivity index is 1.46.